The van der Waals surface area contributed by atoms with Crippen LogP contribution >= 0.6 is 0 Å². The molecule has 4 rings (SSSR count). The van der Waals surface area contributed by atoms with E-state index >= 15 is 0 Å². The van der Waals surface area contributed by atoms with E-state index in [1.807, 2.05) is 24.8 Å². The second-order valence-corrected chi connectivity index (χ2v) is 8.06. The van der Waals surface area contributed by atoms with Gasteiger partial charge < -0.3 is 19.7 Å². The zero-order valence-corrected chi connectivity index (χ0v) is 18.4. The highest BCUT2D eigenvalue weighted by molar-refractivity contribution is 6.11. The molecular formula is C24H26N4O4. The predicted molar refractivity (Wildman–Crippen MR) is 121 cm³/mol. The van der Waals surface area contributed by atoms with Crippen LogP contribution in [0.5, 0.6) is 11.5 Å². The number of aromatic nitrogens is 1. The van der Waals surface area contributed by atoms with Crippen LogP contribution in [0, 0.1) is 5.92 Å². The predicted octanol–water partition coefficient (Wildman–Crippen LogP) is 3.30. The first-order valence-corrected chi connectivity index (χ1v) is 10.6. The van der Waals surface area contributed by atoms with Crippen molar-refractivity contribution in [1.29, 1.82) is 0 Å². The second kappa shape index (κ2) is 9.21. The number of pyridine rings is 1. The van der Waals surface area contributed by atoms with Gasteiger partial charge >= 0.3 is 0 Å². The van der Waals surface area contributed by atoms with Crippen molar-refractivity contribution in [3.8, 4) is 11.5 Å². The molecule has 0 saturated heterocycles. The Morgan fingerprint density at radius 3 is 2.84 bits per heavy atom. The van der Waals surface area contributed by atoms with Crippen LogP contribution in [0.3, 0.4) is 0 Å². The van der Waals surface area contributed by atoms with E-state index in [1.54, 1.807) is 37.6 Å². The van der Waals surface area contributed by atoms with E-state index in [0.29, 0.717) is 48.1 Å². The molecule has 8 heteroatoms. The molecule has 1 aromatic heterocycles. The normalized spacial score (nSPS) is 15.7. The number of ketones is 2. The van der Waals surface area contributed by atoms with Crippen molar-refractivity contribution >= 4 is 23.1 Å². The quantitative estimate of drug-likeness (QED) is 0.503. The van der Waals surface area contributed by atoms with E-state index < -0.39 is 0 Å². The maximum atomic E-state index is 12.8. The van der Waals surface area contributed by atoms with Gasteiger partial charge in [0.15, 0.2) is 23.1 Å². The lowest BCUT2D eigenvalue weighted by Gasteiger charge is -2.32. The summed E-state index contributed by atoms with van der Waals surface area (Å²) in [6.45, 7) is 5.26. The molecule has 1 N–H and O–H groups in total. The van der Waals surface area contributed by atoms with Gasteiger partial charge in [-0.25, -0.2) is 0 Å². The van der Waals surface area contributed by atoms with Crippen LogP contribution in [-0.4, -0.2) is 54.1 Å². The van der Waals surface area contributed by atoms with Gasteiger partial charge in [-0.3, -0.25) is 19.6 Å². The average molecular weight is 434 g/mol. The molecule has 0 atom stereocenters. The maximum absolute atomic E-state index is 12.8. The number of carbonyl (C=O) groups excluding carboxylic acids is 2. The van der Waals surface area contributed by atoms with Gasteiger partial charge in [-0.2, -0.15) is 0 Å². The first kappa shape index (κ1) is 21.5. The zero-order chi connectivity index (χ0) is 22.7. The summed E-state index contributed by atoms with van der Waals surface area (Å²) in [5.41, 5.74) is 2.01. The maximum Gasteiger partial charge on any atom is 0.191 e. The molecule has 2 aliphatic heterocycles. The summed E-state index contributed by atoms with van der Waals surface area (Å²) in [5, 5.41) is 3.32. The Balaban J connectivity index is 1.66. The number of Topliss-reactive ketones (excluding diaryl/α,β-unsaturated/α-hetero) is 1. The smallest absolute Gasteiger partial charge is 0.191 e. The largest absolute Gasteiger partial charge is 0.491 e. The summed E-state index contributed by atoms with van der Waals surface area (Å²) in [6, 6.07) is 7.13. The SMILES string of the molecule is COc1c(OCC(=O)CC(C)C)ccc2c1NC(=CC(=O)c1cccnc1)N1CCN=C21. The van der Waals surface area contributed by atoms with Crippen LogP contribution in [0.25, 0.3) is 0 Å². The molecule has 3 heterocycles. The molecule has 2 aliphatic rings. The van der Waals surface area contributed by atoms with Crippen molar-refractivity contribution in [2.24, 2.45) is 10.9 Å². The molecule has 1 aromatic carbocycles. The van der Waals surface area contributed by atoms with Crippen LogP contribution in [0.1, 0.15) is 36.2 Å². The Morgan fingerprint density at radius 1 is 1.28 bits per heavy atom. The Hall–Kier alpha value is -3.68. The van der Waals surface area contributed by atoms with E-state index in [2.05, 4.69) is 15.3 Å². The number of ether oxygens (including phenoxy) is 2. The summed E-state index contributed by atoms with van der Waals surface area (Å²) < 4.78 is 11.4. The zero-order valence-electron chi connectivity index (χ0n) is 18.4. The highest BCUT2D eigenvalue weighted by Crippen LogP contribution is 2.43. The van der Waals surface area contributed by atoms with Crippen LogP contribution in [0.4, 0.5) is 5.69 Å². The van der Waals surface area contributed by atoms with Crippen molar-refractivity contribution in [3.63, 3.8) is 0 Å². The first-order chi connectivity index (χ1) is 15.5. The molecular weight excluding hydrogens is 408 g/mol. The number of carbonyl (C=O) groups is 2. The van der Waals surface area contributed by atoms with E-state index in [1.165, 1.54) is 6.20 Å². The van der Waals surface area contributed by atoms with Gasteiger partial charge in [0.1, 0.15) is 18.3 Å². The number of aliphatic imine (C=N–C) groups is 1. The van der Waals surface area contributed by atoms with E-state index in [9.17, 15) is 9.59 Å². The van der Waals surface area contributed by atoms with Crippen molar-refractivity contribution in [1.82, 2.24) is 9.88 Å². The summed E-state index contributed by atoms with van der Waals surface area (Å²) in [7, 11) is 1.55. The monoisotopic (exact) mass is 434 g/mol. The fraction of sp³-hybridized carbons (Fsp3) is 0.333. The summed E-state index contributed by atoms with van der Waals surface area (Å²) in [4.78, 5) is 35.5. The topological polar surface area (TPSA) is 93.1 Å². The van der Waals surface area contributed by atoms with E-state index in [-0.39, 0.29) is 24.1 Å². The second-order valence-electron chi connectivity index (χ2n) is 8.06. The van der Waals surface area contributed by atoms with Gasteiger partial charge in [0.25, 0.3) is 0 Å². The fourth-order valence-electron chi connectivity index (χ4n) is 3.80. The molecule has 0 saturated carbocycles. The van der Waals surface area contributed by atoms with Crippen molar-refractivity contribution < 1.29 is 19.1 Å². The summed E-state index contributed by atoms with van der Waals surface area (Å²) in [6.07, 6.45) is 5.17. The van der Waals surface area contributed by atoms with Crippen LogP contribution in [0.2, 0.25) is 0 Å². The van der Waals surface area contributed by atoms with Gasteiger partial charge in [-0.05, 0) is 30.2 Å². The van der Waals surface area contributed by atoms with Crippen molar-refractivity contribution in [2.45, 2.75) is 20.3 Å². The van der Waals surface area contributed by atoms with Crippen molar-refractivity contribution in [3.05, 3.63) is 59.7 Å². The van der Waals surface area contributed by atoms with Gasteiger partial charge in [-0.1, -0.05) is 13.8 Å². The number of methoxy groups -OCH3 is 1. The minimum Gasteiger partial charge on any atom is -0.491 e. The number of hydrogen-bond acceptors (Lipinski definition) is 8. The Morgan fingerprint density at radius 2 is 2.12 bits per heavy atom. The van der Waals surface area contributed by atoms with Crippen LogP contribution < -0.4 is 14.8 Å². The van der Waals surface area contributed by atoms with Gasteiger partial charge in [-0.15, -0.1) is 0 Å². The molecule has 0 unspecified atom stereocenters. The number of benzene rings is 1. The van der Waals surface area contributed by atoms with Gasteiger partial charge in [0.2, 0.25) is 0 Å². The molecule has 2 aromatic rings. The average Bonchev–Trinajstić information content (AvgIpc) is 3.28. The lowest BCUT2D eigenvalue weighted by Crippen LogP contribution is -2.36. The molecule has 0 aliphatic carbocycles. The Bertz CT molecular complexity index is 1090. The standard InChI is InChI=1S/C24H26N4O4/c1-15(2)11-17(29)14-32-20-7-6-18-22(23(20)31-3)27-21(28-10-9-26-24(18)28)12-19(30)16-5-4-8-25-13-16/h4-8,12-13,15,27H,9-11,14H2,1-3H3. The van der Waals surface area contributed by atoms with Crippen molar-refractivity contribution in [2.75, 3.05) is 32.1 Å². The van der Waals surface area contributed by atoms with E-state index in [0.717, 1.165) is 11.4 Å². The summed E-state index contributed by atoms with van der Waals surface area (Å²) in [5.74, 6) is 2.44. The molecule has 0 amide bonds. The minimum atomic E-state index is -0.166. The van der Waals surface area contributed by atoms with Crippen LogP contribution in [-0.2, 0) is 4.79 Å². The lowest BCUT2D eigenvalue weighted by atomic mass is 10.1. The highest BCUT2D eigenvalue weighted by Gasteiger charge is 2.33. The number of rotatable bonds is 8. The number of amidine groups is 1. The summed E-state index contributed by atoms with van der Waals surface area (Å²) >= 11 is 0. The van der Waals surface area contributed by atoms with E-state index in [4.69, 9.17) is 9.47 Å². The third-order valence-electron chi connectivity index (χ3n) is 5.19. The molecule has 0 bridgehead atoms. The number of nitrogens with zero attached hydrogens (tertiary/aromatic N) is 3. The Labute approximate surface area is 187 Å². The lowest BCUT2D eigenvalue weighted by molar-refractivity contribution is -0.121. The number of hydrogen-bond donors (Lipinski definition) is 1. The molecule has 8 nitrogen and oxygen atoms in total. The number of anilines is 1. The third kappa shape index (κ3) is 4.34. The molecule has 0 radical (unpaired) electrons. The Kier molecular flexibility index (Phi) is 6.20. The highest BCUT2D eigenvalue weighted by atomic mass is 16.5. The first-order valence-electron chi connectivity index (χ1n) is 10.6. The van der Waals surface area contributed by atoms with Gasteiger partial charge in [0, 0.05) is 42.6 Å². The molecule has 0 fully saturated rings. The molecule has 0 spiro atoms. The molecule has 32 heavy (non-hydrogen) atoms. The number of allylic oxidation sites excluding steroid dienone is 1. The minimum absolute atomic E-state index is 0.0252. The van der Waals surface area contributed by atoms with Crippen LogP contribution in [0.15, 0.2) is 53.5 Å². The third-order valence-corrected chi connectivity index (χ3v) is 5.19. The fourth-order valence-corrected chi connectivity index (χ4v) is 3.80. The number of fused-ring (bicyclic) bond motifs is 3. The van der Waals surface area contributed by atoms with Gasteiger partial charge in [0.05, 0.1) is 19.3 Å². The molecule has 166 valence electrons. The number of nitrogens with one attached hydrogen (secondary N) is 1.